The molecule has 0 fully saturated rings. The summed E-state index contributed by atoms with van der Waals surface area (Å²) in [4.78, 5) is 37.1. The lowest BCUT2D eigenvalue weighted by atomic mass is 10.1. The number of halogens is 4. The molecule has 2 aromatic rings. The van der Waals surface area contributed by atoms with Gasteiger partial charge in [0.05, 0.1) is 25.3 Å². The van der Waals surface area contributed by atoms with Gasteiger partial charge in [0.25, 0.3) is 0 Å². The van der Waals surface area contributed by atoms with Gasteiger partial charge >= 0.3 is 18.1 Å². The van der Waals surface area contributed by atoms with Crippen LogP contribution in [0, 0.1) is 6.92 Å². The van der Waals surface area contributed by atoms with Gasteiger partial charge in [-0.15, -0.1) is 0 Å². The zero-order valence-corrected chi connectivity index (χ0v) is 17.2. The number of hydrogen-bond acceptors (Lipinski definition) is 5. The molecule has 1 aromatic heterocycles. The Morgan fingerprint density at radius 3 is 2.20 bits per heavy atom. The maximum Gasteiger partial charge on any atom is 0.419 e. The van der Waals surface area contributed by atoms with Crippen LogP contribution >= 0.6 is 11.6 Å². The Labute approximate surface area is 175 Å². The molecule has 0 amide bonds. The van der Waals surface area contributed by atoms with Crippen molar-refractivity contribution in [2.75, 3.05) is 13.2 Å². The Morgan fingerprint density at radius 2 is 1.67 bits per heavy atom. The summed E-state index contributed by atoms with van der Waals surface area (Å²) in [5.41, 5.74) is -2.47. The number of Topliss-reactive ketones (excluding diaryl/α,β-unsaturated/α-hetero) is 1. The third-order valence-corrected chi connectivity index (χ3v) is 4.54. The molecule has 1 heterocycles. The molecule has 0 saturated heterocycles. The van der Waals surface area contributed by atoms with Crippen molar-refractivity contribution in [3.05, 3.63) is 57.4 Å². The highest BCUT2D eigenvalue weighted by Gasteiger charge is 2.44. The van der Waals surface area contributed by atoms with E-state index in [-0.39, 0.29) is 18.8 Å². The standard InChI is InChI=1S/C20H19ClF3NO5/c1-4-29-18(27)13-9-25(10-15(26)12-7-6-11(3)14(21)8-12)17(19(28)30-5-2)16(13)20(22,23)24/h6-9H,4-5,10H2,1-3H3. The minimum Gasteiger partial charge on any atom is -0.462 e. The number of carbonyl (C=O) groups excluding carboxylic acids is 3. The minimum absolute atomic E-state index is 0.139. The Hall–Kier alpha value is -2.81. The quantitative estimate of drug-likeness (QED) is 0.456. The van der Waals surface area contributed by atoms with Gasteiger partial charge in [-0.05, 0) is 32.4 Å². The second kappa shape index (κ2) is 9.34. The number of ketones is 1. The predicted molar refractivity (Wildman–Crippen MR) is 102 cm³/mol. The van der Waals surface area contributed by atoms with Crippen LogP contribution in [0.3, 0.4) is 0 Å². The molecule has 162 valence electrons. The Kier molecular flexibility index (Phi) is 7.30. The highest BCUT2D eigenvalue weighted by molar-refractivity contribution is 6.31. The minimum atomic E-state index is -5.06. The maximum absolute atomic E-state index is 13.7. The van der Waals surface area contributed by atoms with Gasteiger partial charge in [-0.2, -0.15) is 13.2 Å². The van der Waals surface area contributed by atoms with E-state index in [1.54, 1.807) is 13.0 Å². The number of aromatic nitrogens is 1. The van der Waals surface area contributed by atoms with E-state index in [0.717, 1.165) is 10.8 Å². The van der Waals surface area contributed by atoms with Crippen molar-refractivity contribution in [1.82, 2.24) is 4.57 Å². The lowest BCUT2D eigenvalue weighted by Crippen LogP contribution is -2.21. The lowest BCUT2D eigenvalue weighted by molar-refractivity contribution is -0.138. The van der Waals surface area contributed by atoms with Gasteiger partial charge in [0.15, 0.2) is 5.78 Å². The molecule has 0 radical (unpaired) electrons. The molecule has 30 heavy (non-hydrogen) atoms. The van der Waals surface area contributed by atoms with Crippen LogP contribution in [0.4, 0.5) is 13.2 Å². The number of hydrogen-bond donors (Lipinski definition) is 0. The number of alkyl halides is 3. The summed E-state index contributed by atoms with van der Waals surface area (Å²) in [6, 6.07) is 4.43. The second-order valence-corrected chi connectivity index (χ2v) is 6.63. The lowest BCUT2D eigenvalue weighted by Gasteiger charge is -2.13. The molecule has 0 spiro atoms. The summed E-state index contributed by atoms with van der Waals surface area (Å²) in [5, 5.41) is 0.308. The fraction of sp³-hybridized carbons (Fsp3) is 0.350. The molecule has 2 rings (SSSR count). The van der Waals surface area contributed by atoms with Gasteiger partial charge in [-0.3, -0.25) is 4.79 Å². The Morgan fingerprint density at radius 1 is 1.07 bits per heavy atom. The molecule has 1 aromatic carbocycles. The first kappa shape index (κ1) is 23.5. The molecule has 0 saturated carbocycles. The average molecular weight is 446 g/mol. The molecular formula is C20H19ClF3NO5. The maximum atomic E-state index is 13.7. The molecule has 0 atom stereocenters. The van der Waals surface area contributed by atoms with Gasteiger partial charge < -0.3 is 14.0 Å². The monoisotopic (exact) mass is 445 g/mol. The normalized spacial score (nSPS) is 11.3. The first-order valence-electron chi connectivity index (χ1n) is 8.95. The zero-order valence-electron chi connectivity index (χ0n) is 16.4. The summed E-state index contributed by atoms with van der Waals surface area (Å²) in [7, 11) is 0. The van der Waals surface area contributed by atoms with Crippen molar-refractivity contribution >= 4 is 29.3 Å². The predicted octanol–water partition coefficient (Wildman–Crippen LogP) is 4.71. The van der Waals surface area contributed by atoms with Gasteiger partial charge in [0.1, 0.15) is 11.3 Å². The third kappa shape index (κ3) is 5.02. The van der Waals surface area contributed by atoms with Crippen molar-refractivity contribution in [2.24, 2.45) is 0 Å². The SMILES string of the molecule is CCOC(=O)c1cn(CC(=O)c2ccc(C)c(Cl)c2)c(C(=O)OCC)c1C(F)(F)F. The summed E-state index contributed by atoms with van der Waals surface area (Å²) in [6.45, 7) is 3.57. The average Bonchev–Trinajstić information content (AvgIpc) is 3.04. The fourth-order valence-electron chi connectivity index (χ4n) is 2.76. The molecule has 0 aliphatic rings. The largest absolute Gasteiger partial charge is 0.462 e. The van der Waals surface area contributed by atoms with Crippen molar-refractivity contribution in [1.29, 1.82) is 0 Å². The number of carbonyl (C=O) groups is 3. The zero-order chi connectivity index (χ0) is 22.6. The second-order valence-electron chi connectivity index (χ2n) is 6.22. The van der Waals surface area contributed by atoms with Crippen LogP contribution in [0.25, 0.3) is 0 Å². The fourth-order valence-corrected chi connectivity index (χ4v) is 2.94. The molecule has 0 N–H and O–H groups in total. The highest BCUT2D eigenvalue weighted by atomic mass is 35.5. The van der Waals surface area contributed by atoms with E-state index in [9.17, 15) is 27.6 Å². The van der Waals surface area contributed by atoms with E-state index in [0.29, 0.717) is 10.6 Å². The Bertz CT molecular complexity index is 982. The number of rotatable bonds is 7. The third-order valence-electron chi connectivity index (χ3n) is 4.13. The summed E-state index contributed by atoms with van der Waals surface area (Å²) >= 11 is 6.01. The molecule has 0 aliphatic heterocycles. The van der Waals surface area contributed by atoms with E-state index in [1.165, 1.54) is 26.0 Å². The number of esters is 2. The van der Waals surface area contributed by atoms with Crippen molar-refractivity contribution in [3.63, 3.8) is 0 Å². The van der Waals surface area contributed by atoms with Crippen LogP contribution in [-0.2, 0) is 22.2 Å². The number of benzene rings is 1. The molecular weight excluding hydrogens is 427 g/mol. The number of aryl methyl sites for hydroxylation is 1. The van der Waals surface area contributed by atoms with Crippen LogP contribution in [0.5, 0.6) is 0 Å². The van der Waals surface area contributed by atoms with E-state index < -0.39 is 47.3 Å². The summed E-state index contributed by atoms with van der Waals surface area (Å²) in [5.74, 6) is -3.18. The molecule has 0 aliphatic carbocycles. The topological polar surface area (TPSA) is 74.6 Å². The smallest absolute Gasteiger partial charge is 0.419 e. The van der Waals surface area contributed by atoms with E-state index in [2.05, 4.69) is 4.74 Å². The van der Waals surface area contributed by atoms with Gasteiger partial charge in [0.2, 0.25) is 0 Å². The van der Waals surface area contributed by atoms with Crippen molar-refractivity contribution in [2.45, 2.75) is 33.5 Å². The Balaban J connectivity index is 2.61. The molecule has 0 unspecified atom stereocenters. The number of ether oxygens (including phenoxy) is 2. The first-order chi connectivity index (χ1) is 14.0. The molecule has 6 nitrogen and oxygen atoms in total. The summed E-state index contributed by atoms with van der Waals surface area (Å²) in [6.07, 6.45) is -4.29. The van der Waals surface area contributed by atoms with Gasteiger partial charge in [-0.1, -0.05) is 23.7 Å². The van der Waals surface area contributed by atoms with Gasteiger partial charge in [-0.25, -0.2) is 9.59 Å². The highest BCUT2D eigenvalue weighted by Crippen LogP contribution is 2.37. The van der Waals surface area contributed by atoms with Crippen molar-refractivity contribution in [3.8, 4) is 0 Å². The van der Waals surface area contributed by atoms with Crippen LogP contribution < -0.4 is 0 Å². The summed E-state index contributed by atoms with van der Waals surface area (Å²) < 4.78 is 51.4. The van der Waals surface area contributed by atoms with E-state index >= 15 is 0 Å². The molecule has 10 heteroatoms. The van der Waals surface area contributed by atoms with E-state index in [4.69, 9.17) is 16.3 Å². The first-order valence-corrected chi connectivity index (χ1v) is 9.32. The van der Waals surface area contributed by atoms with Crippen LogP contribution in [-0.4, -0.2) is 35.5 Å². The van der Waals surface area contributed by atoms with Crippen LogP contribution in [0.2, 0.25) is 5.02 Å². The van der Waals surface area contributed by atoms with Crippen molar-refractivity contribution < 1.29 is 37.0 Å². The van der Waals surface area contributed by atoms with Crippen LogP contribution in [0.15, 0.2) is 24.4 Å². The van der Waals surface area contributed by atoms with Gasteiger partial charge in [0, 0.05) is 16.8 Å². The van der Waals surface area contributed by atoms with Crippen LogP contribution in [0.1, 0.15) is 56.2 Å². The van der Waals surface area contributed by atoms with E-state index in [1.807, 2.05) is 0 Å². The number of nitrogens with zero attached hydrogens (tertiary/aromatic N) is 1. The molecule has 0 bridgehead atoms.